The maximum absolute atomic E-state index is 14.4. The van der Waals surface area contributed by atoms with Gasteiger partial charge in [0, 0.05) is 5.57 Å². The van der Waals surface area contributed by atoms with Gasteiger partial charge in [-0.3, -0.25) is 0 Å². The molecule has 0 heterocycles. The summed E-state index contributed by atoms with van der Waals surface area (Å²) in [6, 6.07) is 0. The van der Waals surface area contributed by atoms with Crippen molar-refractivity contribution in [3.05, 3.63) is 24.2 Å². The minimum Gasteiger partial charge on any atom is -0.481 e. The van der Waals surface area contributed by atoms with E-state index in [2.05, 4.69) is 6.58 Å². The quantitative estimate of drug-likeness (QED) is 0.602. The SMILES string of the molecule is C=CCOC(O)=C1[C@@H]2CC3C[C@H]1CC(F)(C3)C2. The highest BCUT2D eigenvalue weighted by atomic mass is 19.1. The van der Waals surface area contributed by atoms with Crippen molar-refractivity contribution in [1.29, 1.82) is 0 Å². The first-order valence-corrected chi connectivity index (χ1v) is 6.47. The molecule has 0 amide bonds. The minimum atomic E-state index is -0.960. The lowest BCUT2D eigenvalue weighted by Crippen LogP contribution is -2.49. The number of allylic oxidation sites excluding steroid dienone is 1. The maximum atomic E-state index is 14.4. The standard InChI is InChI=1S/C14H19FO2/c1-2-3-17-13(16)12-10-4-9-5-11(12)8-14(15,6-9)7-10/h2,9-11,16H,1,3-8H2/t9?,10-,11+,14?. The molecule has 2 unspecified atom stereocenters. The number of alkyl halides is 1. The van der Waals surface area contributed by atoms with E-state index < -0.39 is 5.67 Å². The van der Waals surface area contributed by atoms with Crippen molar-refractivity contribution in [2.45, 2.75) is 37.8 Å². The van der Waals surface area contributed by atoms with Gasteiger partial charge in [-0.15, -0.1) is 0 Å². The van der Waals surface area contributed by atoms with Gasteiger partial charge in [0.15, 0.2) is 0 Å². The maximum Gasteiger partial charge on any atom is 0.276 e. The molecule has 0 spiro atoms. The molecule has 4 fully saturated rings. The minimum absolute atomic E-state index is 0.0438. The van der Waals surface area contributed by atoms with Gasteiger partial charge in [-0.05, 0) is 49.9 Å². The summed E-state index contributed by atoms with van der Waals surface area (Å²) in [4.78, 5) is 0. The van der Waals surface area contributed by atoms with Crippen molar-refractivity contribution in [2.24, 2.45) is 17.8 Å². The number of halogens is 1. The van der Waals surface area contributed by atoms with Crippen molar-refractivity contribution in [2.75, 3.05) is 6.61 Å². The van der Waals surface area contributed by atoms with E-state index in [9.17, 15) is 9.50 Å². The van der Waals surface area contributed by atoms with Crippen molar-refractivity contribution in [1.82, 2.24) is 0 Å². The number of aliphatic hydroxyl groups excluding tert-OH is 1. The van der Waals surface area contributed by atoms with Gasteiger partial charge >= 0.3 is 0 Å². The molecule has 0 aliphatic heterocycles. The Bertz CT molecular complexity index is 356. The summed E-state index contributed by atoms with van der Waals surface area (Å²) in [5.41, 5.74) is 0.0229. The van der Waals surface area contributed by atoms with E-state index in [-0.39, 0.29) is 17.8 Å². The van der Waals surface area contributed by atoms with Gasteiger partial charge in [-0.1, -0.05) is 12.7 Å². The van der Waals surface area contributed by atoms with Crippen LogP contribution >= 0.6 is 0 Å². The average molecular weight is 238 g/mol. The zero-order valence-corrected chi connectivity index (χ0v) is 9.99. The van der Waals surface area contributed by atoms with Crippen molar-refractivity contribution in [3.63, 3.8) is 0 Å². The lowest BCUT2D eigenvalue weighted by molar-refractivity contribution is -0.0498. The Morgan fingerprint density at radius 2 is 2.06 bits per heavy atom. The molecular weight excluding hydrogens is 219 g/mol. The van der Waals surface area contributed by atoms with Gasteiger partial charge < -0.3 is 9.84 Å². The van der Waals surface area contributed by atoms with Gasteiger partial charge in [0.25, 0.3) is 5.95 Å². The molecule has 4 aliphatic carbocycles. The van der Waals surface area contributed by atoms with Crippen LogP contribution in [0.25, 0.3) is 0 Å². The first kappa shape index (κ1) is 11.1. The van der Waals surface area contributed by atoms with E-state index in [1.54, 1.807) is 6.08 Å². The Hall–Kier alpha value is -0.990. The summed E-state index contributed by atoms with van der Waals surface area (Å²) in [5.74, 6) is 0.975. The van der Waals surface area contributed by atoms with Crippen molar-refractivity contribution in [3.8, 4) is 0 Å². The number of rotatable bonds is 3. The molecule has 4 rings (SSSR count). The van der Waals surface area contributed by atoms with E-state index in [0.717, 1.165) is 24.8 Å². The molecular formula is C14H19FO2. The van der Waals surface area contributed by atoms with Gasteiger partial charge in [0.1, 0.15) is 12.3 Å². The Labute approximate surface area is 101 Å². The molecule has 3 heteroatoms. The third-order valence-corrected chi connectivity index (χ3v) is 4.58. The van der Waals surface area contributed by atoms with Crippen LogP contribution in [-0.2, 0) is 4.74 Å². The second-order valence-electron chi connectivity index (χ2n) is 5.85. The third kappa shape index (κ3) is 1.76. The van der Waals surface area contributed by atoms with Crippen LogP contribution in [0, 0.1) is 17.8 Å². The highest BCUT2D eigenvalue weighted by Crippen LogP contribution is 2.60. The van der Waals surface area contributed by atoms with Gasteiger partial charge in [0.2, 0.25) is 0 Å². The smallest absolute Gasteiger partial charge is 0.276 e. The van der Waals surface area contributed by atoms with Crippen LogP contribution < -0.4 is 0 Å². The predicted octanol–water partition coefficient (Wildman–Crippen LogP) is 3.51. The molecule has 0 saturated heterocycles. The predicted molar refractivity (Wildman–Crippen MR) is 63.2 cm³/mol. The molecule has 94 valence electrons. The van der Waals surface area contributed by atoms with Crippen LogP contribution in [-0.4, -0.2) is 17.4 Å². The highest BCUT2D eigenvalue weighted by molar-refractivity contribution is 5.24. The summed E-state index contributed by atoms with van der Waals surface area (Å²) in [7, 11) is 0. The van der Waals surface area contributed by atoms with Gasteiger partial charge in [0.05, 0.1) is 0 Å². The van der Waals surface area contributed by atoms with E-state index in [1.807, 2.05) is 0 Å². The average Bonchev–Trinajstić information content (AvgIpc) is 2.23. The van der Waals surface area contributed by atoms with Crippen LogP contribution in [0.2, 0.25) is 0 Å². The molecule has 0 radical (unpaired) electrons. The van der Waals surface area contributed by atoms with Gasteiger partial charge in [-0.2, -0.15) is 0 Å². The Balaban J connectivity index is 1.86. The van der Waals surface area contributed by atoms with Crippen LogP contribution in [0.5, 0.6) is 0 Å². The fraction of sp³-hybridized carbons (Fsp3) is 0.714. The fourth-order valence-corrected chi connectivity index (χ4v) is 4.26. The second kappa shape index (κ2) is 3.76. The second-order valence-corrected chi connectivity index (χ2v) is 5.85. The van der Waals surface area contributed by atoms with Gasteiger partial charge in [-0.25, -0.2) is 4.39 Å². The zero-order valence-electron chi connectivity index (χ0n) is 9.99. The molecule has 17 heavy (non-hydrogen) atoms. The molecule has 0 aromatic carbocycles. The zero-order chi connectivity index (χ0) is 12.0. The molecule has 0 aromatic rings. The number of hydrogen-bond acceptors (Lipinski definition) is 2. The number of ether oxygens (including phenoxy) is 1. The first-order chi connectivity index (χ1) is 8.11. The topological polar surface area (TPSA) is 29.5 Å². The fourth-order valence-electron chi connectivity index (χ4n) is 4.26. The molecule has 2 nitrogen and oxygen atoms in total. The van der Waals surface area contributed by atoms with E-state index in [4.69, 9.17) is 4.74 Å². The third-order valence-electron chi connectivity index (χ3n) is 4.58. The van der Waals surface area contributed by atoms with Crippen molar-refractivity contribution >= 4 is 0 Å². The first-order valence-electron chi connectivity index (χ1n) is 6.47. The van der Waals surface area contributed by atoms with E-state index in [0.29, 0.717) is 25.4 Å². The number of hydrogen-bond donors (Lipinski definition) is 1. The van der Waals surface area contributed by atoms with Crippen LogP contribution in [0.3, 0.4) is 0 Å². The lowest BCUT2D eigenvalue weighted by atomic mass is 9.53. The monoisotopic (exact) mass is 238 g/mol. The summed E-state index contributed by atoms with van der Waals surface area (Å²) in [5, 5.41) is 9.98. The summed E-state index contributed by atoms with van der Waals surface area (Å²) in [6.45, 7) is 3.88. The highest BCUT2D eigenvalue weighted by Gasteiger charge is 2.55. The van der Waals surface area contributed by atoms with Crippen LogP contribution in [0.15, 0.2) is 24.2 Å². The largest absolute Gasteiger partial charge is 0.481 e. The molecule has 0 aromatic heterocycles. The Morgan fingerprint density at radius 3 is 2.59 bits per heavy atom. The molecule has 4 aliphatic rings. The number of aliphatic hydroxyl groups is 1. The van der Waals surface area contributed by atoms with E-state index in [1.165, 1.54) is 0 Å². The molecule has 4 atom stereocenters. The summed E-state index contributed by atoms with van der Waals surface area (Å²) in [6.07, 6.45) is 5.57. The normalized spacial score (nSPS) is 45.8. The molecule has 1 N–H and O–H groups in total. The van der Waals surface area contributed by atoms with E-state index >= 15 is 0 Å². The van der Waals surface area contributed by atoms with Crippen molar-refractivity contribution < 1.29 is 14.2 Å². The molecule has 4 saturated carbocycles. The van der Waals surface area contributed by atoms with Crippen LogP contribution in [0.4, 0.5) is 4.39 Å². The van der Waals surface area contributed by atoms with Crippen LogP contribution in [0.1, 0.15) is 32.1 Å². The Morgan fingerprint density at radius 1 is 1.41 bits per heavy atom. The molecule has 4 bridgehead atoms. The summed E-state index contributed by atoms with van der Waals surface area (Å²) >= 11 is 0. The summed E-state index contributed by atoms with van der Waals surface area (Å²) < 4.78 is 19.7. The lowest BCUT2D eigenvalue weighted by Gasteiger charge is -2.53. The Kier molecular flexibility index (Phi) is 2.46.